The van der Waals surface area contributed by atoms with E-state index in [1.165, 1.54) is 27.6 Å². The fourth-order valence-electron chi connectivity index (χ4n) is 6.22. The largest absolute Gasteiger partial charge is 0.351 e. The zero-order valence-electron chi connectivity index (χ0n) is 24.3. The van der Waals surface area contributed by atoms with Crippen molar-refractivity contribution >= 4 is 32.4 Å². The van der Waals surface area contributed by atoms with E-state index in [4.69, 9.17) is 4.98 Å². The first-order valence-corrected chi connectivity index (χ1v) is 14.7. The van der Waals surface area contributed by atoms with Crippen molar-refractivity contribution < 1.29 is 0 Å². The van der Waals surface area contributed by atoms with Gasteiger partial charge in [0.2, 0.25) is 0 Å². The lowest BCUT2D eigenvalue weighted by molar-refractivity contribution is 0.806. The maximum atomic E-state index is 13.0. The normalized spacial score (nSPS) is 11.9. The molecule has 0 aliphatic heterocycles. The van der Waals surface area contributed by atoms with Gasteiger partial charge in [0.05, 0.1) is 28.0 Å². The maximum absolute atomic E-state index is 13.0. The highest BCUT2D eigenvalue weighted by molar-refractivity contribution is 6.05. The summed E-state index contributed by atoms with van der Waals surface area (Å²) in [5, 5.41) is 4.97. The number of nitrogens with one attached hydrogen (secondary N) is 1. The van der Waals surface area contributed by atoms with Crippen molar-refractivity contribution in [3.63, 3.8) is 0 Å². The topological polar surface area (TPSA) is 50.7 Å². The summed E-state index contributed by atoms with van der Waals surface area (Å²) in [6.07, 6.45) is 2.18. The van der Waals surface area contributed by atoms with Gasteiger partial charge in [-0.3, -0.25) is 9.36 Å². The number of fused-ring (bicyclic) bond motifs is 4. The van der Waals surface area contributed by atoms with Gasteiger partial charge in [0.15, 0.2) is 11.3 Å². The number of aromatic amines is 1. The van der Waals surface area contributed by atoms with Crippen LogP contribution in [0.25, 0.3) is 60.9 Å². The number of para-hydroxylation sites is 1. The third-order valence-electron chi connectivity index (χ3n) is 8.32. The van der Waals surface area contributed by atoms with Crippen LogP contribution < -0.4 is 5.43 Å². The molecule has 0 amide bonds. The Morgan fingerprint density at radius 3 is 2.10 bits per heavy atom. The van der Waals surface area contributed by atoms with E-state index in [0.717, 1.165) is 39.1 Å². The molecular weight excluding hydrogens is 514 g/mol. The number of hydrogen-bond donors (Lipinski definition) is 1. The van der Waals surface area contributed by atoms with Crippen molar-refractivity contribution in [2.45, 2.75) is 39.5 Å². The van der Waals surface area contributed by atoms with Gasteiger partial charge in [0.1, 0.15) is 0 Å². The molecule has 0 bridgehead atoms. The first-order chi connectivity index (χ1) is 20.4. The van der Waals surface area contributed by atoms with Crippen LogP contribution in [0, 0.1) is 0 Å². The molecule has 5 aromatic carbocycles. The molecule has 7 rings (SSSR count). The van der Waals surface area contributed by atoms with Crippen LogP contribution in [0.4, 0.5) is 0 Å². The Bertz CT molecular complexity index is 2150. The van der Waals surface area contributed by atoms with E-state index in [1.807, 2.05) is 18.2 Å². The molecule has 0 unspecified atom stereocenters. The van der Waals surface area contributed by atoms with Crippen molar-refractivity contribution in [3.05, 3.63) is 131 Å². The van der Waals surface area contributed by atoms with Gasteiger partial charge >= 0.3 is 0 Å². The van der Waals surface area contributed by atoms with Gasteiger partial charge in [-0.05, 0) is 56.6 Å². The van der Waals surface area contributed by atoms with Crippen molar-refractivity contribution in [3.8, 4) is 28.5 Å². The lowest BCUT2D eigenvalue weighted by atomic mass is 9.92. The van der Waals surface area contributed by atoms with Crippen LogP contribution in [0.1, 0.15) is 50.7 Å². The van der Waals surface area contributed by atoms with Crippen LogP contribution >= 0.6 is 0 Å². The van der Waals surface area contributed by atoms with Gasteiger partial charge in [-0.15, -0.1) is 0 Å². The molecule has 42 heavy (non-hydrogen) atoms. The molecule has 0 spiro atoms. The summed E-state index contributed by atoms with van der Waals surface area (Å²) in [4.78, 5) is 22.0. The minimum Gasteiger partial charge on any atom is -0.351 e. The quantitative estimate of drug-likeness (QED) is 0.218. The Morgan fingerprint density at radius 1 is 0.667 bits per heavy atom. The second-order valence-corrected chi connectivity index (χ2v) is 11.7. The Hall–Kier alpha value is -4.96. The summed E-state index contributed by atoms with van der Waals surface area (Å²) < 4.78 is 2.27. The molecule has 7 aromatic rings. The van der Waals surface area contributed by atoms with Crippen molar-refractivity contribution in [1.82, 2.24) is 14.5 Å². The molecule has 0 radical (unpaired) electrons. The van der Waals surface area contributed by atoms with Gasteiger partial charge in [-0.25, -0.2) is 4.98 Å². The number of pyridine rings is 1. The zero-order valence-corrected chi connectivity index (χ0v) is 24.3. The SMILES string of the molecule is CC(C)c1cccc(C(C)C)c1-n1cc(-c2cccc3ccccc23)nc1-c1ccc2ccc3cccc(=O)c3c2[nH]1. The average molecular weight is 548 g/mol. The molecule has 0 aliphatic rings. The summed E-state index contributed by atoms with van der Waals surface area (Å²) in [6.45, 7) is 8.98. The third kappa shape index (κ3) is 4.22. The van der Waals surface area contributed by atoms with E-state index < -0.39 is 0 Å². The second-order valence-electron chi connectivity index (χ2n) is 11.7. The minimum absolute atomic E-state index is 0.0125. The molecule has 1 N–H and O–H groups in total. The molecule has 0 aliphatic carbocycles. The predicted molar refractivity (Wildman–Crippen MR) is 176 cm³/mol. The molecule has 0 atom stereocenters. The summed E-state index contributed by atoms with van der Waals surface area (Å²) in [7, 11) is 0. The average Bonchev–Trinajstić information content (AvgIpc) is 3.45. The smallest absolute Gasteiger partial charge is 0.188 e. The van der Waals surface area contributed by atoms with Crippen molar-refractivity contribution in [2.75, 3.05) is 0 Å². The van der Waals surface area contributed by atoms with Crippen LogP contribution in [-0.2, 0) is 0 Å². The van der Waals surface area contributed by atoms with E-state index in [2.05, 4.69) is 122 Å². The number of nitrogens with zero attached hydrogens (tertiary/aromatic N) is 2. The number of H-pyrrole nitrogens is 1. The van der Waals surface area contributed by atoms with Gasteiger partial charge in [0.25, 0.3) is 0 Å². The van der Waals surface area contributed by atoms with E-state index in [9.17, 15) is 4.79 Å². The first-order valence-electron chi connectivity index (χ1n) is 14.7. The number of benzene rings is 5. The summed E-state index contributed by atoms with van der Waals surface area (Å²) in [6, 6.07) is 35.2. The van der Waals surface area contributed by atoms with Gasteiger partial charge in [-0.2, -0.15) is 0 Å². The van der Waals surface area contributed by atoms with Crippen LogP contribution in [-0.4, -0.2) is 14.5 Å². The molecular formula is C38H33N3O. The Balaban J connectivity index is 1.57. The summed E-state index contributed by atoms with van der Waals surface area (Å²) in [5.41, 5.74) is 7.43. The zero-order chi connectivity index (χ0) is 29.0. The lowest BCUT2D eigenvalue weighted by Gasteiger charge is -2.22. The van der Waals surface area contributed by atoms with E-state index in [-0.39, 0.29) is 5.43 Å². The fraction of sp³-hybridized carbons (Fsp3) is 0.158. The number of hydrogen-bond acceptors (Lipinski definition) is 2. The highest BCUT2D eigenvalue weighted by Crippen LogP contribution is 2.37. The summed E-state index contributed by atoms with van der Waals surface area (Å²) in [5.74, 6) is 1.46. The van der Waals surface area contributed by atoms with E-state index in [0.29, 0.717) is 17.2 Å². The number of imidazole rings is 1. The first kappa shape index (κ1) is 26.0. The minimum atomic E-state index is 0.0125. The second kappa shape index (κ2) is 10.1. The van der Waals surface area contributed by atoms with Crippen molar-refractivity contribution in [2.24, 2.45) is 0 Å². The van der Waals surface area contributed by atoms with Crippen LogP contribution in [0.5, 0.6) is 0 Å². The van der Waals surface area contributed by atoms with Gasteiger partial charge in [0, 0.05) is 11.8 Å². The van der Waals surface area contributed by atoms with Gasteiger partial charge < -0.3 is 4.98 Å². The van der Waals surface area contributed by atoms with Crippen LogP contribution in [0.2, 0.25) is 0 Å². The molecule has 4 heteroatoms. The molecule has 0 saturated carbocycles. The molecule has 4 nitrogen and oxygen atoms in total. The standard InChI is InChI=1S/C38H33N3O/c1-23(2)28-14-9-15-29(24(3)4)37(28)41-22-33(31-16-7-11-25-10-5-6-13-30(25)31)40-38(41)32-21-20-27-19-18-26-12-8-17-34(42)35(26)36(27)39-32/h5-24,39H,1-4H3. The predicted octanol–water partition coefficient (Wildman–Crippen LogP) is 9.60. The Morgan fingerprint density at radius 2 is 1.31 bits per heavy atom. The monoisotopic (exact) mass is 547 g/mol. The molecule has 0 saturated heterocycles. The third-order valence-corrected chi connectivity index (χ3v) is 8.32. The molecule has 0 fully saturated rings. The van der Waals surface area contributed by atoms with E-state index >= 15 is 0 Å². The highest BCUT2D eigenvalue weighted by atomic mass is 16.1. The highest BCUT2D eigenvalue weighted by Gasteiger charge is 2.22. The van der Waals surface area contributed by atoms with Crippen LogP contribution in [0.3, 0.4) is 0 Å². The Kier molecular flexibility index (Phi) is 6.27. The van der Waals surface area contributed by atoms with E-state index in [1.54, 1.807) is 6.07 Å². The number of rotatable bonds is 5. The molecule has 2 heterocycles. The number of aromatic nitrogens is 3. The van der Waals surface area contributed by atoms with Crippen LogP contribution in [0.15, 0.2) is 114 Å². The molecule has 2 aromatic heterocycles. The Labute approximate surface area is 245 Å². The fourth-order valence-corrected chi connectivity index (χ4v) is 6.22. The van der Waals surface area contributed by atoms with Crippen molar-refractivity contribution in [1.29, 1.82) is 0 Å². The van der Waals surface area contributed by atoms with Gasteiger partial charge in [-0.1, -0.05) is 119 Å². The lowest BCUT2D eigenvalue weighted by Crippen LogP contribution is -2.08. The molecule has 206 valence electrons. The summed E-state index contributed by atoms with van der Waals surface area (Å²) >= 11 is 0. The maximum Gasteiger partial charge on any atom is 0.188 e.